The zero-order chi connectivity index (χ0) is 11.1. The molecule has 0 aromatic rings. The first-order valence-corrected chi connectivity index (χ1v) is 4.07. The van der Waals surface area contributed by atoms with Crippen LogP contribution in [0.15, 0.2) is 0 Å². The lowest BCUT2D eigenvalue weighted by molar-refractivity contribution is -0.127. The lowest BCUT2D eigenvalue weighted by atomic mass is 10.2. The number of carbonyl (C=O) groups excluding carboxylic acids is 2. The predicted molar refractivity (Wildman–Crippen MR) is 47.9 cm³/mol. The highest BCUT2D eigenvalue weighted by atomic mass is 16.3. The molecule has 0 heterocycles. The quantitative estimate of drug-likeness (QED) is 0.308. The summed E-state index contributed by atoms with van der Waals surface area (Å²) >= 11 is 0. The number of primary amides is 1. The topological polar surface area (TPSA) is 139 Å². The van der Waals surface area contributed by atoms with E-state index in [1.54, 1.807) is 0 Å². The maximum Gasteiger partial charge on any atom is 0.237 e. The van der Waals surface area contributed by atoms with Crippen LogP contribution in [0.4, 0.5) is 0 Å². The van der Waals surface area contributed by atoms with E-state index in [0.717, 1.165) is 0 Å². The SMILES string of the molecule is NC(=O)CC(N)C(=O)NC(CO)CO. The third kappa shape index (κ3) is 4.75. The van der Waals surface area contributed by atoms with Gasteiger partial charge in [-0.1, -0.05) is 0 Å². The van der Waals surface area contributed by atoms with Gasteiger partial charge in [0.2, 0.25) is 11.8 Å². The summed E-state index contributed by atoms with van der Waals surface area (Å²) < 4.78 is 0. The second-order valence-corrected chi connectivity index (χ2v) is 2.85. The average molecular weight is 205 g/mol. The van der Waals surface area contributed by atoms with Crippen LogP contribution in [0.1, 0.15) is 6.42 Å². The Morgan fingerprint density at radius 1 is 1.29 bits per heavy atom. The normalized spacial score (nSPS) is 12.6. The van der Waals surface area contributed by atoms with E-state index in [0.29, 0.717) is 0 Å². The molecule has 0 saturated carbocycles. The van der Waals surface area contributed by atoms with Crippen molar-refractivity contribution in [1.82, 2.24) is 5.32 Å². The van der Waals surface area contributed by atoms with Gasteiger partial charge in [0.15, 0.2) is 0 Å². The Balaban J connectivity index is 3.99. The number of carbonyl (C=O) groups is 2. The van der Waals surface area contributed by atoms with E-state index in [1.165, 1.54) is 0 Å². The van der Waals surface area contributed by atoms with E-state index in [4.69, 9.17) is 21.7 Å². The van der Waals surface area contributed by atoms with Gasteiger partial charge in [0.1, 0.15) is 0 Å². The molecule has 0 aliphatic rings. The fourth-order valence-electron chi connectivity index (χ4n) is 0.767. The minimum atomic E-state index is -1.05. The molecular weight excluding hydrogens is 190 g/mol. The van der Waals surface area contributed by atoms with Gasteiger partial charge in [0.05, 0.1) is 31.7 Å². The van der Waals surface area contributed by atoms with Crippen LogP contribution < -0.4 is 16.8 Å². The molecule has 7 N–H and O–H groups in total. The molecule has 0 aliphatic heterocycles. The van der Waals surface area contributed by atoms with Crippen molar-refractivity contribution in [2.75, 3.05) is 13.2 Å². The molecule has 7 nitrogen and oxygen atoms in total. The fraction of sp³-hybridized carbons (Fsp3) is 0.714. The van der Waals surface area contributed by atoms with Crippen LogP contribution in [0.3, 0.4) is 0 Å². The Kier molecular flexibility index (Phi) is 5.77. The molecule has 2 amide bonds. The lowest BCUT2D eigenvalue weighted by Gasteiger charge is -2.16. The van der Waals surface area contributed by atoms with Crippen molar-refractivity contribution in [2.24, 2.45) is 11.5 Å². The van der Waals surface area contributed by atoms with Crippen LogP contribution in [-0.2, 0) is 9.59 Å². The van der Waals surface area contributed by atoms with Gasteiger partial charge < -0.3 is 27.0 Å². The van der Waals surface area contributed by atoms with Crippen molar-refractivity contribution in [3.8, 4) is 0 Å². The highest BCUT2D eigenvalue weighted by Crippen LogP contribution is 1.89. The largest absolute Gasteiger partial charge is 0.394 e. The summed E-state index contributed by atoms with van der Waals surface area (Å²) in [5.74, 6) is -1.31. The Morgan fingerprint density at radius 2 is 1.79 bits per heavy atom. The monoisotopic (exact) mass is 205 g/mol. The molecule has 0 aromatic heterocycles. The summed E-state index contributed by atoms with van der Waals surface area (Å²) in [4.78, 5) is 21.5. The van der Waals surface area contributed by atoms with Gasteiger partial charge in [-0.05, 0) is 0 Å². The Hall–Kier alpha value is -1.18. The summed E-state index contributed by atoms with van der Waals surface area (Å²) in [6.07, 6.45) is -0.268. The van der Waals surface area contributed by atoms with Gasteiger partial charge in [-0.25, -0.2) is 0 Å². The van der Waals surface area contributed by atoms with Crippen LogP contribution in [0.5, 0.6) is 0 Å². The standard InChI is InChI=1S/C7H15N3O4/c8-5(1-6(9)13)7(14)10-4(2-11)3-12/h4-5,11-12H,1-3,8H2,(H2,9,13)(H,10,14). The minimum Gasteiger partial charge on any atom is -0.394 e. The fourth-order valence-corrected chi connectivity index (χ4v) is 0.767. The molecule has 0 bridgehead atoms. The van der Waals surface area contributed by atoms with E-state index in [2.05, 4.69) is 5.32 Å². The molecule has 14 heavy (non-hydrogen) atoms. The Labute approximate surface area is 81.1 Å². The molecule has 0 saturated heterocycles. The summed E-state index contributed by atoms with van der Waals surface area (Å²) in [6.45, 7) is -0.795. The maximum absolute atomic E-state index is 11.1. The molecule has 1 atom stereocenters. The van der Waals surface area contributed by atoms with Crippen molar-refractivity contribution < 1.29 is 19.8 Å². The zero-order valence-electron chi connectivity index (χ0n) is 7.64. The molecular formula is C7H15N3O4. The van der Waals surface area contributed by atoms with Crippen molar-refractivity contribution in [1.29, 1.82) is 0 Å². The molecule has 0 fully saturated rings. The van der Waals surface area contributed by atoms with Gasteiger partial charge in [0.25, 0.3) is 0 Å². The molecule has 1 unspecified atom stereocenters. The lowest BCUT2D eigenvalue weighted by Crippen LogP contribution is -2.49. The van der Waals surface area contributed by atoms with Crippen LogP contribution >= 0.6 is 0 Å². The summed E-state index contributed by atoms with van der Waals surface area (Å²) in [7, 11) is 0. The van der Waals surface area contributed by atoms with Crippen molar-refractivity contribution in [3.63, 3.8) is 0 Å². The number of hydrogen-bond acceptors (Lipinski definition) is 5. The molecule has 0 rings (SSSR count). The molecule has 0 aromatic carbocycles. The molecule has 82 valence electrons. The third-order valence-corrected chi connectivity index (χ3v) is 1.55. The van der Waals surface area contributed by atoms with Gasteiger partial charge in [-0.3, -0.25) is 9.59 Å². The number of nitrogens with two attached hydrogens (primary N) is 2. The Bertz CT molecular complexity index is 205. The van der Waals surface area contributed by atoms with Crippen molar-refractivity contribution >= 4 is 11.8 Å². The number of aliphatic hydroxyl groups excluding tert-OH is 2. The number of nitrogens with one attached hydrogen (secondary N) is 1. The van der Waals surface area contributed by atoms with Gasteiger partial charge >= 0.3 is 0 Å². The summed E-state index contributed by atoms with van der Waals surface area (Å²) in [5, 5.41) is 19.5. The average Bonchev–Trinajstić information content (AvgIpc) is 2.12. The van der Waals surface area contributed by atoms with E-state index < -0.39 is 37.1 Å². The van der Waals surface area contributed by atoms with E-state index >= 15 is 0 Å². The van der Waals surface area contributed by atoms with Crippen molar-refractivity contribution in [2.45, 2.75) is 18.5 Å². The van der Waals surface area contributed by atoms with Crippen molar-refractivity contribution in [3.05, 3.63) is 0 Å². The number of amides is 2. The van der Waals surface area contributed by atoms with Crippen LogP contribution in [0.25, 0.3) is 0 Å². The minimum absolute atomic E-state index is 0.268. The van der Waals surface area contributed by atoms with E-state index in [1.807, 2.05) is 0 Å². The summed E-state index contributed by atoms with van der Waals surface area (Å²) in [6, 6.07) is -1.81. The highest BCUT2D eigenvalue weighted by molar-refractivity contribution is 5.87. The molecule has 0 spiro atoms. The summed E-state index contributed by atoms with van der Waals surface area (Å²) in [5.41, 5.74) is 10.1. The first kappa shape index (κ1) is 12.8. The van der Waals surface area contributed by atoms with E-state index in [-0.39, 0.29) is 6.42 Å². The van der Waals surface area contributed by atoms with Crippen LogP contribution in [0.2, 0.25) is 0 Å². The highest BCUT2D eigenvalue weighted by Gasteiger charge is 2.18. The Morgan fingerprint density at radius 3 is 2.14 bits per heavy atom. The predicted octanol–water partition coefficient (Wildman–Crippen LogP) is -3.34. The molecule has 0 radical (unpaired) electrons. The number of rotatable bonds is 6. The van der Waals surface area contributed by atoms with Crippen LogP contribution in [-0.4, -0.2) is 47.3 Å². The second kappa shape index (κ2) is 6.30. The second-order valence-electron chi connectivity index (χ2n) is 2.85. The first-order chi connectivity index (χ1) is 6.51. The molecule has 0 aliphatic carbocycles. The van der Waals surface area contributed by atoms with Gasteiger partial charge in [-0.15, -0.1) is 0 Å². The maximum atomic E-state index is 11.1. The number of aliphatic hydroxyl groups is 2. The number of hydrogen-bond donors (Lipinski definition) is 5. The molecule has 7 heteroatoms. The van der Waals surface area contributed by atoms with E-state index in [9.17, 15) is 9.59 Å². The van der Waals surface area contributed by atoms with Gasteiger partial charge in [-0.2, -0.15) is 0 Å². The first-order valence-electron chi connectivity index (χ1n) is 4.07. The smallest absolute Gasteiger partial charge is 0.237 e. The zero-order valence-corrected chi connectivity index (χ0v) is 7.64. The third-order valence-electron chi connectivity index (χ3n) is 1.55. The van der Waals surface area contributed by atoms with Gasteiger partial charge in [0, 0.05) is 0 Å². The van der Waals surface area contributed by atoms with Crippen LogP contribution in [0, 0.1) is 0 Å².